The Hall–Kier alpha value is -4.00. The molecule has 10 heteroatoms. The molecule has 3 rings (SSSR count). The average Bonchev–Trinajstić information content (AvgIpc) is 2.85. The van der Waals surface area contributed by atoms with E-state index in [-0.39, 0.29) is 23.7 Å². The maximum absolute atomic E-state index is 12.6. The summed E-state index contributed by atoms with van der Waals surface area (Å²) in [6.45, 7) is 1.79. The molecule has 0 spiro atoms. The number of nitrogens with one attached hydrogen (secondary N) is 2. The van der Waals surface area contributed by atoms with E-state index >= 15 is 0 Å². The number of benzene rings is 3. The summed E-state index contributed by atoms with van der Waals surface area (Å²) in [6, 6.07) is 17.8. The molecule has 3 aromatic rings. The van der Waals surface area contributed by atoms with Crippen LogP contribution in [0.2, 0.25) is 5.02 Å². The molecule has 0 heterocycles. The van der Waals surface area contributed by atoms with E-state index in [1.165, 1.54) is 30.3 Å². The van der Waals surface area contributed by atoms with E-state index < -0.39 is 11.8 Å². The Morgan fingerprint density at radius 1 is 1.11 bits per heavy atom. The lowest BCUT2D eigenvalue weighted by molar-refractivity contribution is -0.118. The van der Waals surface area contributed by atoms with Crippen LogP contribution in [0.4, 0.5) is 11.4 Å². The highest BCUT2D eigenvalue weighted by molar-refractivity contribution is 9.10. The molecule has 3 aromatic carbocycles. The first-order valence-electron chi connectivity index (χ1n) is 10.7. The van der Waals surface area contributed by atoms with Crippen LogP contribution in [0.15, 0.2) is 70.7 Å². The molecule has 0 bridgehead atoms. The predicted octanol–water partition coefficient (Wildman–Crippen LogP) is 5.77. The van der Waals surface area contributed by atoms with Crippen molar-refractivity contribution in [2.24, 2.45) is 0 Å². The number of para-hydroxylation sites is 1. The Balaban J connectivity index is 1.77. The Kier molecular flexibility index (Phi) is 9.33. The zero-order valence-corrected chi connectivity index (χ0v) is 21.4. The Labute approximate surface area is 221 Å². The number of carbonyl (C=O) groups is 2. The quantitative estimate of drug-likeness (QED) is 0.171. The number of nitriles is 1. The number of phenols is 1. The maximum Gasteiger partial charge on any atom is 0.266 e. The van der Waals surface area contributed by atoms with E-state index in [0.29, 0.717) is 38.8 Å². The van der Waals surface area contributed by atoms with E-state index in [1.807, 2.05) is 6.07 Å². The molecule has 36 heavy (non-hydrogen) atoms. The summed E-state index contributed by atoms with van der Waals surface area (Å²) < 4.78 is 11.8. The van der Waals surface area contributed by atoms with E-state index in [2.05, 4.69) is 26.6 Å². The number of hydrogen-bond acceptors (Lipinski definition) is 6. The normalized spacial score (nSPS) is 10.8. The molecule has 0 unspecified atom stereocenters. The van der Waals surface area contributed by atoms with E-state index in [1.54, 1.807) is 43.3 Å². The summed E-state index contributed by atoms with van der Waals surface area (Å²) in [5, 5.41) is 24.6. The molecule has 0 aromatic heterocycles. The van der Waals surface area contributed by atoms with E-state index in [4.69, 9.17) is 21.1 Å². The van der Waals surface area contributed by atoms with Crippen LogP contribution in [0.5, 0.6) is 17.2 Å². The zero-order valence-electron chi connectivity index (χ0n) is 19.0. The van der Waals surface area contributed by atoms with Crippen molar-refractivity contribution < 1.29 is 24.2 Å². The summed E-state index contributed by atoms with van der Waals surface area (Å²) in [7, 11) is 0. The number of anilines is 2. The molecule has 184 valence electrons. The number of hydrogen-bond donors (Lipinski definition) is 3. The third kappa shape index (κ3) is 7.25. The minimum atomic E-state index is -0.617. The van der Waals surface area contributed by atoms with Crippen LogP contribution in [-0.4, -0.2) is 30.1 Å². The van der Waals surface area contributed by atoms with Crippen molar-refractivity contribution in [3.8, 4) is 23.3 Å². The molecule has 0 aliphatic heterocycles. The lowest BCUT2D eigenvalue weighted by Crippen LogP contribution is -2.20. The van der Waals surface area contributed by atoms with Gasteiger partial charge in [0.1, 0.15) is 17.4 Å². The Morgan fingerprint density at radius 3 is 2.50 bits per heavy atom. The highest BCUT2D eigenvalue weighted by Crippen LogP contribution is 2.37. The first kappa shape index (κ1) is 26.6. The molecular formula is C26H21BrClN3O5. The number of halogens is 2. The first-order chi connectivity index (χ1) is 17.3. The van der Waals surface area contributed by atoms with Crippen LogP contribution >= 0.6 is 27.5 Å². The Morgan fingerprint density at radius 2 is 1.83 bits per heavy atom. The number of ether oxygens (including phenoxy) is 2. The van der Waals surface area contributed by atoms with Crippen molar-refractivity contribution in [2.45, 2.75) is 6.92 Å². The first-order valence-corrected chi connectivity index (χ1v) is 11.8. The number of nitrogens with zero attached hydrogens (tertiary/aromatic N) is 1. The van der Waals surface area contributed by atoms with Crippen molar-refractivity contribution in [1.29, 1.82) is 5.26 Å². The van der Waals surface area contributed by atoms with Gasteiger partial charge >= 0.3 is 0 Å². The predicted molar refractivity (Wildman–Crippen MR) is 141 cm³/mol. The largest absolute Gasteiger partial charge is 0.508 e. The third-order valence-electron chi connectivity index (χ3n) is 4.63. The molecule has 0 aliphatic rings. The highest BCUT2D eigenvalue weighted by Gasteiger charge is 2.16. The molecule has 0 saturated heterocycles. The topological polar surface area (TPSA) is 121 Å². The number of carbonyl (C=O) groups excluding carboxylic acids is 2. The number of phenolic OH excluding ortho intramolecular Hbond substituents is 1. The number of rotatable bonds is 9. The smallest absolute Gasteiger partial charge is 0.266 e. The molecule has 2 amide bonds. The third-order valence-corrected chi connectivity index (χ3v) is 5.55. The van der Waals surface area contributed by atoms with Gasteiger partial charge in [0.15, 0.2) is 18.1 Å². The number of aromatic hydroxyl groups is 1. The van der Waals surface area contributed by atoms with Crippen LogP contribution in [0.1, 0.15) is 12.5 Å². The van der Waals surface area contributed by atoms with Crippen LogP contribution in [0.25, 0.3) is 6.08 Å². The lowest BCUT2D eigenvalue weighted by Gasteiger charge is -2.15. The lowest BCUT2D eigenvalue weighted by atomic mass is 10.1. The molecule has 0 saturated carbocycles. The molecule has 0 aliphatic carbocycles. The summed E-state index contributed by atoms with van der Waals surface area (Å²) in [5.74, 6) is -0.371. The molecule has 8 nitrogen and oxygen atoms in total. The van der Waals surface area contributed by atoms with Gasteiger partial charge in [-0.25, -0.2) is 0 Å². The zero-order chi connectivity index (χ0) is 26.1. The van der Waals surface area contributed by atoms with Crippen molar-refractivity contribution in [3.05, 3.63) is 81.3 Å². The minimum Gasteiger partial charge on any atom is -0.508 e. The van der Waals surface area contributed by atoms with Crippen LogP contribution in [-0.2, 0) is 9.59 Å². The maximum atomic E-state index is 12.6. The van der Waals surface area contributed by atoms with Crippen molar-refractivity contribution in [3.63, 3.8) is 0 Å². The Bertz CT molecular complexity index is 1340. The summed E-state index contributed by atoms with van der Waals surface area (Å²) >= 11 is 9.48. The van der Waals surface area contributed by atoms with Gasteiger partial charge in [-0.15, -0.1) is 0 Å². The molecule has 0 radical (unpaired) electrons. The second kappa shape index (κ2) is 12.6. The summed E-state index contributed by atoms with van der Waals surface area (Å²) in [6.07, 6.45) is 1.40. The van der Waals surface area contributed by atoms with Crippen molar-refractivity contribution in [1.82, 2.24) is 0 Å². The van der Waals surface area contributed by atoms with Gasteiger partial charge < -0.3 is 25.2 Å². The standard InChI is InChI=1S/C26H21BrClN3O5/c1-2-35-23-13-16(11-17(14-29)26(34)30-18-7-9-19(32)10-8-18)12-20(27)25(23)36-15-24(33)31-22-6-4-3-5-21(22)28/h3-13,32H,2,15H2,1H3,(H,30,34)(H,31,33)/b17-11+. The van der Waals surface area contributed by atoms with Crippen molar-refractivity contribution >= 4 is 56.8 Å². The van der Waals surface area contributed by atoms with Crippen LogP contribution in [0, 0.1) is 11.3 Å². The second-order valence-corrected chi connectivity index (χ2v) is 8.51. The van der Waals surface area contributed by atoms with Gasteiger partial charge in [-0.1, -0.05) is 23.7 Å². The summed E-state index contributed by atoms with van der Waals surface area (Å²) in [4.78, 5) is 24.9. The minimum absolute atomic E-state index is 0.0565. The second-order valence-electron chi connectivity index (χ2n) is 7.25. The van der Waals surface area contributed by atoms with E-state index in [0.717, 1.165) is 0 Å². The van der Waals surface area contributed by atoms with E-state index in [9.17, 15) is 20.0 Å². The van der Waals surface area contributed by atoms with Gasteiger partial charge in [0.05, 0.1) is 21.8 Å². The van der Waals surface area contributed by atoms with Crippen LogP contribution < -0.4 is 20.1 Å². The van der Waals surface area contributed by atoms with Gasteiger partial charge in [0, 0.05) is 5.69 Å². The monoisotopic (exact) mass is 569 g/mol. The fourth-order valence-corrected chi connectivity index (χ4v) is 3.78. The molecule has 0 fully saturated rings. The highest BCUT2D eigenvalue weighted by atomic mass is 79.9. The van der Waals surface area contributed by atoms with Crippen LogP contribution in [0.3, 0.4) is 0 Å². The van der Waals surface area contributed by atoms with Gasteiger partial charge in [-0.05, 0) is 83.0 Å². The van der Waals surface area contributed by atoms with Gasteiger partial charge in [0.2, 0.25) is 0 Å². The fourth-order valence-electron chi connectivity index (χ4n) is 3.02. The van der Waals surface area contributed by atoms with Gasteiger partial charge in [0.25, 0.3) is 11.8 Å². The SMILES string of the molecule is CCOc1cc(/C=C(\C#N)C(=O)Nc2ccc(O)cc2)cc(Br)c1OCC(=O)Nc1ccccc1Cl. The molecule has 0 atom stereocenters. The fraction of sp³-hybridized carbons (Fsp3) is 0.115. The van der Waals surface area contributed by atoms with Crippen molar-refractivity contribution in [2.75, 3.05) is 23.8 Å². The molecule has 3 N–H and O–H groups in total. The van der Waals surface area contributed by atoms with Gasteiger partial charge in [-0.2, -0.15) is 5.26 Å². The number of amides is 2. The molecular weight excluding hydrogens is 550 g/mol. The summed E-state index contributed by atoms with van der Waals surface area (Å²) in [5.41, 5.74) is 1.24. The average molecular weight is 571 g/mol. The van der Waals surface area contributed by atoms with Gasteiger partial charge in [-0.3, -0.25) is 9.59 Å².